The maximum Gasteiger partial charge on any atom is 0.272 e. The first-order chi connectivity index (χ1) is 22.4. The lowest BCUT2D eigenvalue weighted by atomic mass is 10.1. The molecule has 0 fully saturated rings. The standard InChI is InChI=1S/C35H30N4O5S2/c1-43-27-15-18-31(44-2)25(19-27)20-29(37-33(41)24-11-7-4-8-12-24)34(42)36-26-13-16-28(17-14-26)45-22-32(40)39-35-38-30(21-46-35)23-9-5-3-6-10-23/h3-21H,22H2,1-2H3,(H,36,42)(H,37,41)(H,38,39,40)/b29-20-. The van der Waals surface area contributed by atoms with Crippen LogP contribution < -0.4 is 25.4 Å². The molecular weight excluding hydrogens is 621 g/mol. The molecule has 0 radical (unpaired) electrons. The molecule has 5 aromatic rings. The molecule has 3 N–H and O–H groups in total. The number of benzene rings is 4. The molecule has 4 aromatic carbocycles. The van der Waals surface area contributed by atoms with Crippen molar-refractivity contribution in [1.29, 1.82) is 0 Å². The number of hydrogen-bond donors (Lipinski definition) is 3. The van der Waals surface area contributed by atoms with E-state index >= 15 is 0 Å². The van der Waals surface area contributed by atoms with Crippen molar-refractivity contribution in [3.8, 4) is 22.8 Å². The van der Waals surface area contributed by atoms with Crippen LogP contribution in [0, 0.1) is 0 Å². The molecule has 3 amide bonds. The van der Waals surface area contributed by atoms with Crippen molar-refractivity contribution >= 4 is 57.7 Å². The van der Waals surface area contributed by atoms with E-state index in [1.165, 1.54) is 43.4 Å². The highest BCUT2D eigenvalue weighted by Gasteiger charge is 2.17. The number of carbonyl (C=O) groups excluding carboxylic acids is 3. The summed E-state index contributed by atoms with van der Waals surface area (Å²) in [5, 5.41) is 10.9. The van der Waals surface area contributed by atoms with E-state index in [-0.39, 0.29) is 17.4 Å². The zero-order chi connectivity index (χ0) is 32.3. The average molecular weight is 651 g/mol. The quantitative estimate of drug-likeness (QED) is 0.0986. The van der Waals surface area contributed by atoms with E-state index in [0.29, 0.717) is 33.4 Å². The second kappa shape index (κ2) is 15.6. The first-order valence-corrected chi connectivity index (χ1v) is 15.9. The molecule has 11 heteroatoms. The molecule has 9 nitrogen and oxygen atoms in total. The molecule has 0 aliphatic rings. The summed E-state index contributed by atoms with van der Waals surface area (Å²) in [4.78, 5) is 44.4. The summed E-state index contributed by atoms with van der Waals surface area (Å²) in [5.74, 6) is 0.0964. The molecule has 0 saturated carbocycles. The third-order valence-corrected chi connectivity index (χ3v) is 8.34. The summed E-state index contributed by atoms with van der Waals surface area (Å²) in [6.45, 7) is 0. The van der Waals surface area contributed by atoms with Crippen LogP contribution in [-0.4, -0.2) is 42.7 Å². The molecule has 0 spiro atoms. The van der Waals surface area contributed by atoms with Crippen molar-refractivity contribution < 1.29 is 23.9 Å². The maximum absolute atomic E-state index is 13.5. The SMILES string of the molecule is COc1ccc(OC)c(/C=C(\NC(=O)c2ccccc2)C(=O)Nc2ccc(SCC(=O)Nc3nc(-c4ccccc4)cs3)cc2)c1. The topological polar surface area (TPSA) is 119 Å². The van der Waals surface area contributed by atoms with E-state index in [1.54, 1.807) is 60.7 Å². The Labute approximate surface area is 274 Å². The lowest BCUT2D eigenvalue weighted by molar-refractivity contribution is -0.114. The van der Waals surface area contributed by atoms with Crippen molar-refractivity contribution in [2.45, 2.75) is 4.90 Å². The van der Waals surface area contributed by atoms with Gasteiger partial charge in [0.15, 0.2) is 5.13 Å². The molecule has 0 atom stereocenters. The normalized spacial score (nSPS) is 11.0. The minimum atomic E-state index is -0.535. The molecule has 0 bridgehead atoms. The lowest BCUT2D eigenvalue weighted by Gasteiger charge is -2.13. The Morgan fingerprint density at radius 2 is 1.57 bits per heavy atom. The summed E-state index contributed by atoms with van der Waals surface area (Å²) < 4.78 is 10.8. The number of ether oxygens (including phenoxy) is 2. The molecule has 5 rings (SSSR count). The number of aromatic nitrogens is 1. The molecule has 0 aliphatic carbocycles. The number of carbonyl (C=O) groups is 3. The minimum Gasteiger partial charge on any atom is -0.497 e. The van der Waals surface area contributed by atoms with Crippen LogP contribution in [0.3, 0.4) is 0 Å². The van der Waals surface area contributed by atoms with Gasteiger partial charge in [-0.05, 0) is 60.7 Å². The summed E-state index contributed by atoms with van der Waals surface area (Å²) >= 11 is 2.73. The van der Waals surface area contributed by atoms with Crippen LogP contribution in [0.15, 0.2) is 119 Å². The van der Waals surface area contributed by atoms with Crippen LogP contribution in [0.5, 0.6) is 11.5 Å². The van der Waals surface area contributed by atoms with Crippen LogP contribution in [0.4, 0.5) is 10.8 Å². The smallest absolute Gasteiger partial charge is 0.272 e. The number of anilines is 2. The van der Waals surface area contributed by atoms with Crippen molar-refractivity contribution in [3.05, 3.63) is 125 Å². The monoisotopic (exact) mass is 650 g/mol. The van der Waals surface area contributed by atoms with Gasteiger partial charge in [0.2, 0.25) is 5.91 Å². The van der Waals surface area contributed by atoms with Crippen LogP contribution in [0.25, 0.3) is 17.3 Å². The van der Waals surface area contributed by atoms with Gasteiger partial charge in [-0.15, -0.1) is 23.1 Å². The summed E-state index contributed by atoms with van der Waals surface area (Å²) in [5.41, 5.74) is 3.25. The predicted molar refractivity (Wildman–Crippen MR) is 183 cm³/mol. The Balaban J connectivity index is 1.23. The number of hydrogen-bond acceptors (Lipinski definition) is 8. The fraction of sp³-hybridized carbons (Fsp3) is 0.0857. The zero-order valence-electron chi connectivity index (χ0n) is 25.0. The molecule has 0 aliphatic heterocycles. The molecule has 232 valence electrons. The summed E-state index contributed by atoms with van der Waals surface area (Å²) in [7, 11) is 3.06. The Bertz CT molecular complexity index is 1840. The fourth-order valence-corrected chi connectivity index (χ4v) is 5.69. The predicted octanol–water partition coefficient (Wildman–Crippen LogP) is 6.97. The Morgan fingerprint density at radius 3 is 2.26 bits per heavy atom. The van der Waals surface area contributed by atoms with Gasteiger partial charge in [-0.2, -0.15) is 0 Å². The lowest BCUT2D eigenvalue weighted by Crippen LogP contribution is -2.30. The number of rotatable bonds is 12. The Hall–Kier alpha value is -5.39. The van der Waals surface area contributed by atoms with Gasteiger partial charge in [0.1, 0.15) is 17.2 Å². The van der Waals surface area contributed by atoms with Crippen molar-refractivity contribution in [2.24, 2.45) is 0 Å². The van der Waals surface area contributed by atoms with E-state index in [9.17, 15) is 14.4 Å². The van der Waals surface area contributed by atoms with E-state index < -0.39 is 11.8 Å². The van der Waals surface area contributed by atoms with Crippen LogP contribution in [0.2, 0.25) is 0 Å². The maximum atomic E-state index is 13.5. The minimum absolute atomic E-state index is 0.00753. The second-order valence-corrected chi connectivity index (χ2v) is 11.6. The summed E-state index contributed by atoms with van der Waals surface area (Å²) in [6, 6.07) is 30.6. The highest BCUT2D eigenvalue weighted by molar-refractivity contribution is 8.00. The number of amides is 3. The van der Waals surface area contributed by atoms with Gasteiger partial charge >= 0.3 is 0 Å². The van der Waals surface area contributed by atoms with Crippen molar-refractivity contribution in [3.63, 3.8) is 0 Å². The molecule has 46 heavy (non-hydrogen) atoms. The Kier molecular flexibility index (Phi) is 10.8. The third-order valence-electron chi connectivity index (χ3n) is 6.57. The summed E-state index contributed by atoms with van der Waals surface area (Å²) in [6.07, 6.45) is 1.53. The molecule has 0 unspecified atom stereocenters. The van der Waals surface area contributed by atoms with Gasteiger partial charge in [0.25, 0.3) is 11.8 Å². The number of nitrogens with zero attached hydrogens (tertiary/aromatic N) is 1. The first kappa shape index (κ1) is 32.0. The molecule has 0 saturated heterocycles. The van der Waals surface area contributed by atoms with E-state index in [2.05, 4.69) is 20.9 Å². The Morgan fingerprint density at radius 1 is 0.848 bits per heavy atom. The third kappa shape index (κ3) is 8.62. The first-order valence-electron chi connectivity index (χ1n) is 14.1. The number of nitrogens with one attached hydrogen (secondary N) is 3. The van der Waals surface area contributed by atoms with Gasteiger partial charge in [0.05, 0.1) is 25.7 Å². The fourth-order valence-electron chi connectivity index (χ4n) is 4.26. The van der Waals surface area contributed by atoms with Crippen LogP contribution in [-0.2, 0) is 9.59 Å². The number of thiazole rings is 1. The van der Waals surface area contributed by atoms with Gasteiger partial charge in [-0.3, -0.25) is 14.4 Å². The van der Waals surface area contributed by atoms with Crippen LogP contribution >= 0.6 is 23.1 Å². The highest BCUT2D eigenvalue weighted by atomic mass is 32.2. The number of thioether (sulfide) groups is 1. The highest BCUT2D eigenvalue weighted by Crippen LogP contribution is 2.28. The van der Waals surface area contributed by atoms with Crippen molar-refractivity contribution in [1.82, 2.24) is 10.3 Å². The van der Waals surface area contributed by atoms with Gasteiger partial charge in [0, 0.05) is 32.7 Å². The van der Waals surface area contributed by atoms with Gasteiger partial charge in [-0.25, -0.2) is 4.98 Å². The molecule has 1 aromatic heterocycles. The zero-order valence-corrected chi connectivity index (χ0v) is 26.6. The second-order valence-electron chi connectivity index (χ2n) is 9.71. The van der Waals surface area contributed by atoms with Gasteiger partial charge in [-0.1, -0.05) is 48.5 Å². The largest absolute Gasteiger partial charge is 0.497 e. The average Bonchev–Trinajstić information content (AvgIpc) is 3.56. The molecular formula is C35H30N4O5S2. The van der Waals surface area contributed by atoms with Crippen molar-refractivity contribution in [2.75, 3.05) is 30.6 Å². The van der Waals surface area contributed by atoms with E-state index in [0.717, 1.165) is 16.2 Å². The van der Waals surface area contributed by atoms with E-state index in [1.807, 2.05) is 47.8 Å². The van der Waals surface area contributed by atoms with Crippen LogP contribution in [0.1, 0.15) is 15.9 Å². The number of methoxy groups -OCH3 is 2. The van der Waals surface area contributed by atoms with Gasteiger partial charge < -0.3 is 25.4 Å². The molecule has 1 heterocycles. The van der Waals surface area contributed by atoms with E-state index in [4.69, 9.17) is 9.47 Å².